The second kappa shape index (κ2) is 6.67. The lowest BCUT2D eigenvalue weighted by Crippen LogP contribution is -2.56. The zero-order chi connectivity index (χ0) is 19.9. The van der Waals surface area contributed by atoms with Gasteiger partial charge in [-0.15, -0.1) is 0 Å². The number of carbonyl (C=O) groups excluding carboxylic acids is 2. The van der Waals surface area contributed by atoms with Crippen molar-refractivity contribution < 1.29 is 24.0 Å². The van der Waals surface area contributed by atoms with Crippen LogP contribution < -0.4 is 4.90 Å². The third kappa shape index (κ3) is 3.64. The third-order valence-corrected chi connectivity index (χ3v) is 4.53. The van der Waals surface area contributed by atoms with E-state index < -0.39 is 34.9 Å². The summed E-state index contributed by atoms with van der Waals surface area (Å²) in [6.45, 7) is 7.66. The number of hydrogen-bond acceptors (Lipinski definition) is 8. The standard InChI is InChI=1S/C17H22N4O6/c1-10-8-19(11-5-6-18-7-12(11)21(24)25)9-13-14(10)26-15(22)20(13)16(23)27-17(2,3)4/h5-7,10,13-14H,8-9H2,1-4H3/t10-,13?,14+/m0/s1. The molecule has 2 fully saturated rings. The largest absolute Gasteiger partial charge is 0.443 e. The monoisotopic (exact) mass is 378 g/mol. The molecule has 3 atom stereocenters. The van der Waals surface area contributed by atoms with Crippen LogP contribution in [0.2, 0.25) is 0 Å². The van der Waals surface area contributed by atoms with Crippen molar-refractivity contribution in [3.8, 4) is 0 Å². The summed E-state index contributed by atoms with van der Waals surface area (Å²) in [7, 11) is 0. The van der Waals surface area contributed by atoms with Gasteiger partial charge in [0.05, 0.1) is 4.92 Å². The molecule has 0 radical (unpaired) electrons. The Morgan fingerprint density at radius 2 is 2.11 bits per heavy atom. The number of anilines is 1. The SMILES string of the molecule is C[C@H]1CN(c2ccncc2[N+](=O)[O-])CC2[C@@H]1OC(=O)N2C(=O)OC(C)(C)C. The molecule has 146 valence electrons. The van der Waals surface area contributed by atoms with E-state index in [0.29, 0.717) is 12.2 Å². The van der Waals surface area contributed by atoms with Crippen LogP contribution in [-0.4, -0.2) is 57.8 Å². The Balaban J connectivity index is 1.89. The average Bonchev–Trinajstić information content (AvgIpc) is 2.90. The molecule has 2 saturated heterocycles. The number of fused-ring (bicyclic) bond motifs is 1. The van der Waals surface area contributed by atoms with Gasteiger partial charge < -0.3 is 14.4 Å². The fourth-order valence-electron chi connectivity index (χ4n) is 3.47. The van der Waals surface area contributed by atoms with E-state index in [1.54, 1.807) is 31.7 Å². The van der Waals surface area contributed by atoms with Gasteiger partial charge in [0.1, 0.15) is 29.6 Å². The summed E-state index contributed by atoms with van der Waals surface area (Å²) in [5.74, 6) is -0.132. The summed E-state index contributed by atoms with van der Waals surface area (Å²) in [4.78, 5) is 42.2. The molecule has 1 aromatic heterocycles. The highest BCUT2D eigenvalue weighted by molar-refractivity contribution is 5.90. The number of aromatic nitrogens is 1. The number of amides is 2. The number of hydrogen-bond donors (Lipinski definition) is 0. The van der Waals surface area contributed by atoms with Crippen molar-refractivity contribution in [2.24, 2.45) is 5.92 Å². The summed E-state index contributed by atoms with van der Waals surface area (Å²) in [5, 5.41) is 11.3. The maximum atomic E-state index is 12.5. The van der Waals surface area contributed by atoms with Crippen LogP contribution in [0.25, 0.3) is 0 Å². The molecule has 27 heavy (non-hydrogen) atoms. The van der Waals surface area contributed by atoms with Crippen molar-refractivity contribution in [2.75, 3.05) is 18.0 Å². The fourth-order valence-corrected chi connectivity index (χ4v) is 3.47. The van der Waals surface area contributed by atoms with Gasteiger partial charge in [-0.2, -0.15) is 0 Å². The lowest BCUT2D eigenvalue weighted by atomic mass is 9.92. The Morgan fingerprint density at radius 1 is 1.41 bits per heavy atom. The van der Waals surface area contributed by atoms with Crippen LogP contribution in [0.4, 0.5) is 21.0 Å². The maximum Gasteiger partial charge on any atom is 0.420 e. The van der Waals surface area contributed by atoms with Gasteiger partial charge in [-0.25, -0.2) is 14.5 Å². The lowest BCUT2D eigenvalue weighted by Gasteiger charge is -2.39. The van der Waals surface area contributed by atoms with Crippen molar-refractivity contribution in [1.82, 2.24) is 9.88 Å². The number of carbonyl (C=O) groups is 2. The molecule has 3 heterocycles. The van der Waals surface area contributed by atoms with Crippen molar-refractivity contribution in [3.63, 3.8) is 0 Å². The van der Waals surface area contributed by atoms with Crippen LogP contribution in [0.5, 0.6) is 0 Å². The van der Waals surface area contributed by atoms with Crippen LogP contribution in [0.1, 0.15) is 27.7 Å². The topological polar surface area (TPSA) is 115 Å². The molecule has 1 aromatic rings. The van der Waals surface area contributed by atoms with Gasteiger partial charge in [0, 0.05) is 25.2 Å². The van der Waals surface area contributed by atoms with E-state index in [9.17, 15) is 19.7 Å². The second-order valence-corrected chi connectivity index (χ2v) is 7.77. The first-order valence-electron chi connectivity index (χ1n) is 8.64. The van der Waals surface area contributed by atoms with E-state index in [1.807, 2.05) is 6.92 Å². The van der Waals surface area contributed by atoms with Crippen LogP contribution in [0.15, 0.2) is 18.5 Å². The summed E-state index contributed by atoms with van der Waals surface area (Å²) >= 11 is 0. The fraction of sp³-hybridized carbons (Fsp3) is 0.588. The predicted octanol–water partition coefficient (Wildman–Crippen LogP) is 2.57. The summed E-state index contributed by atoms with van der Waals surface area (Å²) in [5.41, 5.74) is -0.500. The van der Waals surface area contributed by atoms with Crippen molar-refractivity contribution in [3.05, 3.63) is 28.6 Å². The number of rotatable bonds is 2. The van der Waals surface area contributed by atoms with E-state index in [4.69, 9.17) is 9.47 Å². The second-order valence-electron chi connectivity index (χ2n) is 7.77. The maximum absolute atomic E-state index is 12.5. The Labute approximate surface area is 156 Å². The molecular weight excluding hydrogens is 356 g/mol. The molecule has 10 heteroatoms. The van der Waals surface area contributed by atoms with E-state index in [0.717, 1.165) is 4.90 Å². The molecule has 1 unspecified atom stereocenters. The van der Waals surface area contributed by atoms with Gasteiger partial charge in [0.25, 0.3) is 0 Å². The lowest BCUT2D eigenvalue weighted by molar-refractivity contribution is -0.384. The summed E-state index contributed by atoms with van der Waals surface area (Å²) < 4.78 is 10.7. The zero-order valence-electron chi connectivity index (χ0n) is 15.6. The molecule has 0 saturated carbocycles. The van der Waals surface area contributed by atoms with Gasteiger partial charge in [0.15, 0.2) is 0 Å². The number of piperidine rings is 1. The smallest absolute Gasteiger partial charge is 0.420 e. The third-order valence-electron chi connectivity index (χ3n) is 4.53. The molecule has 0 N–H and O–H groups in total. The first kappa shape index (κ1) is 18.9. The summed E-state index contributed by atoms with van der Waals surface area (Å²) in [6, 6.07) is 0.963. The van der Waals surface area contributed by atoms with Gasteiger partial charge in [0.2, 0.25) is 0 Å². The first-order valence-corrected chi connectivity index (χ1v) is 8.64. The highest BCUT2D eigenvalue weighted by atomic mass is 16.6. The molecule has 0 spiro atoms. The van der Waals surface area contributed by atoms with E-state index in [1.165, 1.54) is 12.4 Å². The molecule has 2 aliphatic heterocycles. The number of ether oxygens (including phenoxy) is 2. The highest BCUT2D eigenvalue weighted by Gasteiger charge is 2.52. The zero-order valence-corrected chi connectivity index (χ0v) is 15.6. The van der Waals surface area contributed by atoms with Crippen LogP contribution in [0, 0.1) is 16.0 Å². The van der Waals surface area contributed by atoms with Crippen LogP contribution >= 0.6 is 0 Å². The number of imide groups is 1. The van der Waals surface area contributed by atoms with Gasteiger partial charge >= 0.3 is 17.9 Å². The van der Waals surface area contributed by atoms with Crippen molar-refractivity contribution in [2.45, 2.75) is 45.4 Å². The molecule has 10 nitrogen and oxygen atoms in total. The van der Waals surface area contributed by atoms with Crippen molar-refractivity contribution >= 4 is 23.6 Å². The quantitative estimate of drug-likeness (QED) is 0.569. The molecule has 2 amide bonds. The molecule has 0 aromatic carbocycles. The van der Waals surface area contributed by atoms with E-state index in [2.05, 4.69) is 4.98 Å². The van der Waals surface area contributed by atoms with Gasteiger partial charge in [-0.05, 0) is 26.8 Å². The van der Waals surface area contributed by atoms with Gasteiger partial charge in [-0.1, -0.05) is 6.92 Å². The normalized spacial score (nSPS) is 25.0. The van der Waals surface area contributed by atoms with Crippen LogP contribution in [-0.2, 0) is 9.47 Å². The van der Waals surface area contributed by atoms with E-state index in [-0.39, 0.29) is 18.2 Å². The van der Waals surface area contributed by atoms with Gasteiger partial charge in [-0.3, -0.25) is 15.1 Å². The van der Waals surface area contributed by atoms with Crippen LogP contribution in [0.3, 0.4) is 0 Å². The molecule has 3 rings (SSSR count). The van der Waals surface area contributed by atoms with E-state index >= 15 is 0 Å². The number of pyridine rings is 1. The molecule has 2 aliphatic rings. The molecule has 0 aliphatic carbocycles. The Kier molecular flexibility index (Phi) is 4.66. The minimum atomic E-state index is -0.779. The number of nitro groups is 1. The highest BCUT2D eigenvalue weighted by Crippen LogP contribution is 2.36. The first-order chi connectivity index (χ1) is 12.6. The minimum absolute atomic E-state index is 0.128. The minimum Gasteiger partial charge on any atom is -0.443 e. The molecular formula is C17H22N4O6. The Hall–Kier alpha value is -2.91. The Bertz CT molecular complexity index is 777. The number of nitrogens with zero attached hydrogens (tertiary/aromatic N) is 4. The molecule has 0 bridgehead atoms. The predicted molar refractivity (Wildman–Crippen MR) is 94.4 cm³/mol. The average molecular weight is 378 g/mol. The Morgan fingerprint density at radius 3 is 2.74 bits per heavy atom. The van der Waals surface area contributed by atoms with Crippen molar-refractivity contribution in [1.29, 1.82) is 0 Å². The summed E-state index contributed by atoms with van der Waals surface area (Å²) in [6.07, 6.45) is 0.646.